The summed E-state index contributed by atoms with van der Waals surface area (Å²) in [5, 5.41) is 9.59. The first-order valence-electron chi connectivity index (χ1n) is 9.27. The molecule has 0 radical (unpaired) electrons. The quantitative estimate of drug-likeness (QED) is 0.480. The molecule has 0 unspecified atom stereocenters. The van der Waals surface area contributed by atoms with Crippen molar-refractivity contribution in [2.75, 3.05) is 23.3 Å². The van der Waals surface area contributed by atoms with Crippen molar-refractivity contribution >= 4 is 40.6 Å². The van der Waals surface area contributed by atoms with Crippen LogP contribution in [0.15, 0.2) is 42.7 Å². The van der Waals surface area contributed by atoms with Gasteiger partial charge in [0.1, 0.15) is 5.82 Å². The van der Waals surface area contributed by atoms with Gasteiger partial charge in [-0.1, -0.05) is 29.3 Å². The third-order valence-corrected chi connectivity index (χ3v) is 5.00. The van der Waals surface area contributed by atoms with E-state index in [-0.39, 0.29) is 29.6 Å². The second-order valence-electron chi connectivity index (χ2n) is 6.53. The van der Waals surface area contributed by atoms with E-state index in [0.29, 0.717) is 28.6 Å². The van der Waals surface area contributed by atoms with E-state index >= 15 is 0 Å². The molecular weight excluding hydrogens is 454 g/mol. The average molecular weight is 472 g/mol. The lowest BCUT2D eigenvalue weighted by Gasteiger charge is -2.20. The zero-order valence-corrected chi connectivity index (χ0v) is 17.8. The maximum absolute atomic E-state index is 13.1. The molecule has 0 saturated heterocycles. The van der Waals surface area contributed by atoms with Crippen LogP contribution in [0.4, 0.5) is 24.7 Å². The number of benzene rings is 1. The largest absolute Gasteiger partial charge is 0.417 e. The minimum absolute atomic E-state index is 0.132. The third kappa shape index (κ3) is 5.48. The van der Waals surface area contributed by atoms with Crippen molar-refractivity contribution in [3.05, 3.63) is 69.6 Å². The molecule has 1 aromatic carbocycles. The number of nitrogens with zero attached hydrogens (tertiary/aromatic N) is 3. The summed E-state index contributed by atoms with van der Waals surface area (Å²) in [6, 6.07) is 6.97. The average Bonchev–Trinajstić information content (AvgIpc) is 3.23. The Bertz CT molecular complexity index is 1060. The number of halogens is 5. The maximum Gasteiger partial charge on any atom is 0.417 e. The lowest BCUT2D eigenvalue weighted by Crippen LogP contribution is -2.32. The number of carbonyl (C=O) groups excluding carboxylic acids is 1. The molecule has 3 aromatic rings. The zero-order chi connectivity index (χ0) is 22.6. The van der Waals surface area contributed by atoms with E-state index in [1.54, 1.807) is 19.1 Å². The number of H-pyrrole nitrogens is 1. The number of aromatic amines is 1. The highest BCUT2D eigenvalue weighted by atomic mass is 35.5. The molecule has 0 fully saturated rings. The number of pyridine rings is 1. The van der Waals surface area contributed by atoms with Crippen molar-refractivity contribution in [1.82, 2.24) is 15.2 Å². The predicted octanol–water partition coefficient (Wildman–Crippen LogP) is 5.45. The fourth-order valence-corrected chi connectivity index (χ4v) is 3.36. The number of anilines is 2. The predicted molar refractivity (Wildman–Crippen MR) is 114 cm³/mol. The van der Waals surface area contributed by atoms with E-state index in [2.05, 4.69) is 20.5 Å². The van der Waals surface area contributed by atoms with Crippen LogP contribution in [0.2, 0.25) is 10.0 Å². The van der Waals surface area contributed by atoms with Gasteiger partial charge in [-0.25, -0.2) is 4.98 Å². The lowest BCUT2D eigenvalue weighted by molar-refractivity contribution is -0.137. The number of alkyl halides is 3. The van der Waals surface area contributed by atoms with Gasteiger partial charge < -0.3 is 5.32 Å². The molecule has 0 bridgehead atoms. The Labute approximate surface area is 186 Å². The van der Waals surface area contributed by atoms with Gasteiger partial charge in [0, 0.05) is 25.4 Å². The van der Waals surface area contributed by atoms with Crippen LogP contribution < -0.4 is 10.2 Å². The molecule has 0 saturated carbocycles. The Morgan fingerprint density at radius 1 is 1.23 bits per heavy atom. The van der Waals surface area contributed by atoms with Gasteiger partial charge in [-0.3, -0.25) is 14.8 Å². The summed E-state index contributed by atoms with van der Waals surface area (Å²) in [4.78, 5) is 18.6. The van der Waals surface area contributed by atoms with Crippen LogP contribution >= 0.6 is 23.2 Å². The second kappa shape index (κ2) is 9.57. The number of hydrogen-bond donors (Lipinski definition) is 2. The van der Waals surface area contributed by atoms with Crippen molar-refractivity contribution in [3.63, 3.8) is 0 Å². The van der Waals surface area contributed by atoms with Crippen molar-refractivity contribution in [2.45, 2.75) is 19.5 Å². The van der Waals surface area contributed by atoms with E-state index in [1.165, 1.54) is 29.4 Å². The topological polar surface area (TPSA) is 73.9 Å². The fraction of sp³-hybridized carbons (Fsp3) is 0.250. The van der Waals surface area contributed by atoms with Crippen molar-refractivity contribution in [1.29, 1.82) is 0 Å². The highest BCUT2D eigenvalue weighted by Crippen LogP contribution is 2.35. The Hall–Kier alpha value is -2.78. The van der Waals surface area contributed by atoms with Crippen LogP contribution in [0, 0.1) is 0 Å². The molecule has 3 rings (SSSR count). The third-order valence-electron chi connectivity index (χ3n) is 4.46. The van der Waals surface area contributed by atoms with Gasteiger partial charge in [0.15, 0.2) is 5.69 Å². The highest BCUT2D eigenvalue weighted by Gasteiger charge is 2.33. The number of carbonyl (C=O) groups is 1. The molecular formula is C20H18Cl2F3N5O. The standard InChI is InChI=1S/C20H18Cl2F3N5O/c1-2-30(17-6-8-28-29-17)19(31)18-16(10-13(21)11-27-18)26-7-5-12-3-4-15(22)14(9-12)20(23,24)25/h3-4,6,8-11,26H,2,5,7H2,1H3,(H,28,29). The van der Waals surface area contributed by atoms with Gasteiger partial charge in [0.05, 0.1) is 27.5 Å². The molecule has 31 heavy (non-hydrogen) atoms. The number of rotatable bonds is 7. The van der Waals surface area contributed by atoms with Gasteiger partial charge in [-0.2, -0.15) is 18.3 Å². The van der Waals surface area contributed by atoms with Crippen molar-refractivity contribution < 1.29 is 18.0 Å². The Morgan fingerprint density at radius 3 is 2.65 bits per heavy atom. The van der Waals surface area contributed by atoms with Crippen LogP contribution in [-0.4, -0.2) is 34.2 Å². The maximum atomic E-state index is 13.1. The molecule has 2 aromatic heterocycles. The number of amides is 1. The first-order valence-corrected chi connectivity index (χ1v) is 10.0. The van der Waals surface area contributed by atoms with Gasteiger partial charge in [0.2, 0.25) is 0 Å². The van der Waals surface area contributed by atoms with Crippen LogP contribution in [0.1, 0.15) is 28.5 Å². The highest BCUT2D eigenvalue weighted by molar-refractivity contribution is 6.31. The normalized spacial score (nSPS) is 11.4. The van der Waals surface area contributed by atoms with Gasteiger partial charge in [0.25, 0.3) is 5.91 Å². The summed E-state index contributed by atoms with van der Waals surface area (Å²) >= 11 is 11.7. The van der Waals surface area contributed by atoms with Crippen LogP contribution in [0.3, 0.4) is 0 Å². The second-order valence-corrected chi connectivity index (χ2v) is 7.37. The van der Waals surface area contributed by atoms with E-state index in [9.17, 15) is 18.0 Å². The van der Waals surface area contributed by atoms with Crippen LogP contribution in [-0.2, 0) is 12.6 Å². The molecule has 0 aliphatic heterocycles. The zero-order valence-electron chi connectivity index (χ0n) is 16.3. The molecule has 0 spiro atoms. The summed E-state index contributed by atoms with van der Waals surface area (Å²) in [6.07, 6.45) is -1.39. The molecule has 6 nitrogen and oxygen atoms in total. The fourth-order valence-electron chi connectivity index (χ4n) is 2.98. The monoisotopic (exact) mass is 471 g/mol. The number of aromatic nitrogens is 3. The number of hydrogen-bond acceptors (Lipinski definition) is 4. The molecule has 164 valence electrons. The first kappa shape index (κ1) is 22.9. The van der Waals surface area contributed by atoms with Crippen LogP contribution in [0.25, 0.3) is 0 Å². The Kier molecular flexibility index (Phi) is 7.07. The van der Waals surface area contributed by atoms with Gasteiger partial charge in [-0.05, 0) is 37.1 Å². The first-order chi connectivity index (χ1) is 14.7. The summed E-state index contributed by atoms with van der Waals surface area (Å²) in [7, 11) is 0. The lowest BCUT2D eigenvalue weighted by atomic mass is 10.1. The molecule has 2 N–H and O–H groups in total. The molecule has 0 aliphatic carbocycles. The summed E-state index contributed by atoms with van der Waals surface area (Å²) in [5.74, 6) is 0.132. The Morgan fingerprint density at radius 2 is 2.00 bits per heavy atom. The summed E-state index contributed by atoms with van der Waals surface area (Å²) in [6.45, 7) is 2.42. The van der Waals surface area contributed by atoms with E-state index in [4.69, 9.17) is 23.2 Å². The molecule has 11 heteroatoms. The minimum Gasteiger partial charge on any atom is -0.383 e. The SMILES string of the molecule is CCN(C(=O)c1ncc(Cl)cc1NCCc1ccc(Cl)c(C(F)(F)F)c1)c1ccn[nH]1. The Balaban J connectivity index is 1.77. The smallest absolute Gasteiger partial charge is 0.383 e. The summed E-state index contributed by atoms with van der Waals surface area (Å²) < 4.78 is 39.2. The molecule has 0 atom stereocenters. The molecule has 0 aliphatic rings. The van der Waals surface area contributed by atoms with E-state index in [0.717, 1.165) is 6.07 Å². The summed E-state index contributed by atoms with van der Waals surface area (Å²) in [5.41, 5.74) is 0.0678. The molecule has 1 amide bonds. The van der Waals surface area contributed by atoms with Gasteiger partial charge in [-0.15, -0.1) is 0 Å². The number of nitrogens with one attached hydrogen (secondary N) is 2. The molecule has 2 heterocycles. The van der Waals surface area contributed by atoms with E-state index in [1.807, 2.05) is 0 Å². The van der Waals surface area contributed by atoms with Crippen molar-refractivity contribution in [2.24, 2.45) is 0 Å². The van der Waals surface area contributed by atoms with Crippen LogP contribution in [0.5, 0.6) is 0 Å². The minimum atomic E-state index is -4.53. The van der Waals surface area contributed by atoms with E-state index < -0.39 is 11.7 Å². The van der Waals surface area contributed by atoms with Gasteiger partial charge >= 0.3 is 6.18 Å². The van der Waals surface area contributed by atoms with Crippen molar-refractivity contribution in [3.8, 4) is 0 Å².